The maximum Gasteiger partial charge on any atom is 0.256 e. The van der Waals surface area contributed by atoms with Gasteiger partial charge in [0.1, 0.15) is 0 Å². The van der Waals surface area contributed by atoms with E-state index in [0.717, 1.165) is 18.7 Å². The molecule has 5 heteroatoms. The molecule has 0 radical (unpaired) electrons. The third-order valence-electron chi connectivity index (χ3n) is 3.25. The molecule has 0 unspecified atom stereocenters. The van der Waals surface area contributed by atoms with Crippen LogP contribution < -0.4 is 11.3 Å². The lowest BCUT2D eigenvalue weighted by Crippen LogP contribution is -2.39. The van der Waals surface area contributed by atoms with E-state index in [-0.39, 0.29) is 5.91 Å². The standard InChI is InChI=1S/C16H28N4O/c1-12(2)11-20(9-8-19(4)5)16(21)14-10-13(3)6-7-15(14)18-17/h6-7,10,12,18H,8-9,11,17H2,1-5H3. The number of carbonyl (C=O) groups excluding carboxylic acids is 1. The van der Waals surface area contributed by atoms with Crippen molar-refractivity contribution >= 4 is 11.6 Å². The zero-order valence-corrected chi connectivity index (χ0v) is 13.8. The first-order chi connectivity index (χ1) is 9.85. The number of anilines is 1. The van der Waals surface area contributed by atoms with Crippen LogP contribution in [0.3, 0.4) is 0 Å². The van der Waals surface area contributed by atoms with Gasteiger partial charge in [0.2, 0.25) is 0 Å². The minimum atomic E-state index is 0.0298. The molecule has 1 amide bonds. The van der Waals surface area contributed by atoms with Gasteiger partial charge in [-0.2, -0.15) is 0 Å². The van der Waals surface area contributed by atoms with Gasteiger partial charge in [0.25, 0.3) is 5.91 Å². The molecule has 0 saturated heterocycles. The minimum absolute atomic E-state index is 0.0298. The molecular weight excluding hydrogens is 264 g/mol. The van der Waals surface area contributed by atoms with E-state index in [1.807, 2.05) is 44.1 Å². The van der Waals surface area contributed by atoms with Gasteiger partial charge in [-0.05, 0) is 39.1 Å². The Labute approximate surface area is 128 Å². The molecule has 0 heterocycles. The fourth-order valence-electron chi connectivity index (χ4n) is 2.17. The van der Waals surface area contributed by atoms with Gasteiger partial charge in [-0.15, -0.1) is 0 Å². The largest absolute Gasteiger partial charge is 0.337 e. The average molecular weight is 292 g/mol. The van der Waals surface area contributed by atoms with E-state index in [1.165, 1.54) is 0 Å². The molecule has 0 aliphatic carbocycles. The molecule has 5 nitrogen and oxygen atoms in total. The van der Waals surface area contributed by atoms with E-state index < -0.39 is 0 Å². The molecule has 118 valence electrons. The summed E-state index contributed by atoms with van der Waals surface area (Å²) in [6.07, 6.45) is 0. The van der Waals surface area contributed by atoms with Gasteiger partial charge in [-0.1, -0.05) is 25.5 Å². The Morgan fingerprint density at radius 1 is 1.29 bits per heavy atom. The zero-order valence-electron chi connectivity index (χ0n) is 13.8. The predicted octanol–water partition coefficient (Wildman–Crippen LogP) is 1.94. The predicted molar refractivity (Wildman–Crippen MR) is 88.3 cm³/mol. The number of aryl methyl sites for hydroxylation is 1. The molecule has 1 aromatic carbocycles. The van der Waals surface area contributed by atoms with E-state index in [1.54, 1.807) is 0 Å². The SMILES string of the molecule is Cc1ccc(NN)c(C(=O)N(CCN(C)C)CC(C)C)c1. The summed E-state index contributed by atoms with van der Waals surface area (Å²) < 4.78 is 0. The van der Waals surface area contributed by atoms with Crippen molar-refractivity contribution in [3.63, 3.8) is 0 Å². The topological polar surface area (TPSA) is 61.6 Å². The van der Waals surface area contributed by atoms with Gasteiger partial charge in [0.05, 0.1) is 11.3 Å². The van der Waals surface area contributed by atoms with Crippen molar-refractivity contribution < 1.29 is 4.79 Å². The van der Waals surface area contributed by atoms with E-state index >= 15 is 0 Å². The molecule has 0 fully saturated rings. The summed E-state index contributed by atoms with van der Waals surface area (Å²) in [6, 6.07) is 5.68. The van der Waals surface area contributed by atoms with Crippen LogP contribution in [-0.2, 0) is 0 Å². The van der Waals surface area contributed by atoms with E-state index in [4.69, 9.17) is 5.84 Å². The number of carbonyl (C=O) groups is 1. The molecule has 0 saturated carbocycles. The van der Waals surface area contributed by atoms with Crippen molar-refractivity contribution in [2.24, 2.45) is 11.8 Å². The lowest BCUT2D eigenvalue weighted by molar-refractivity contribution is 0.0725. The second kappa shape index (κ2) is 8.00. The Bertz CT molecular complexity index is 471. The van der Waals surface area contributed by atoms with Gasteiger partial charge in [0.15, 0.2) is 0 Å². The van der Waals surface area contributed by atoms with Crippen molar-refractivity contribution in [1.29, 1.82) is 0 Å². The van der Waals surface area contributed by atoms with Crippen LogP contribution in [0.4, 0.5) is 5.69 Å². The molecule has 0 atom stereocenters. The van der Waals surface area contributed by atoms with Gasteiger partial charge in [-0.25, -0.2) is 0 Å². The number of benzene rings is 1. The molecule has 0 bridgehead atoms. The molecule has 0 aromatic heterocycles. The van der Waals surface area contributed by atoms with Crippen molar-refractivity contribution in [3.05, 3.63) is 29.3 Å². The van der Waals surface area contributed by atoms with Gasteiger partial charge in [0, 0.05) is 19.6 Å². The Morgan fingerprint density at radius 3 is 2.48 bits per heavy atom. The number of hydrogen-bond donors (Lipinski definition) is 2. The average Bonchev–Trinajstić information content (AvgIpc) is 2.42. The molecular formula is C16H28N4O. The lowest BCUT2D eigenvalue weighted by atomic mass is 10.1. The van der Waals surface area contributed by atoms with Crippen molar-refractivity contribution in [1.82, 2.24) is 9.80 Å². The fraction of sp³-hybridized carbons (Fsp3) is 0.562. The number of nitrogens with two attached hydrogens (primary N) is 1. The summed E-state index contributed by atoms with van der Waals surface area (Å²) >= 11 is 0. The molecule has 0 spiro atoms. The maximum absolute atomic E-state index is 12.8. The van der Waals surface area contributed by atoms with Gasteiger partial charge in [-0.3, -0.25) is 10.6 Å². The molecule has 21 heavy (non-hydrogen) atoms. The first kappa shape index (κ1) is 17.5. The summed E-state index contributed by atoms with van der Waals surface area (Å²) in [5.74, 6) is 5.99. The summed E-state index contributed by atoms with van der Waals surface area (Å²) in [4.78, 5) is 16.8. The number of amides is 1. The van der Waals surface area contributed by atoms with Crippen LogP contribution in [0.1, 0.15) is 29.8 Å². The normalized spacial score (nSPS) is 11.0. The van der Waals surface area contributed by atoms with Crippen molar-refractivity contribution in [3.8, 4) is 0 Å². The highest BCUT2D eigenvalue weighted by Crippen LogP contribution is 2.19. The molecule has 1 aromatic rings. The number of likely N-dealkylation sites (N-methyl/N-ethyl adjacent to an activating group) is 1. The number of nitrogens with zero attached hydrogens (tertiary/aromatic N) is 2. The van der Waals surface area contributed by atoms with Gasteiger partial charge >= 0.3 is 0 Å². The summed E-state index contributed by atoms with van der Waals surface area (Å²) in [6.45, 7) is 8.51. The number of nitrogens with one attached hydrogen (secondary N) is 1. The fourth-order valence-corrected chi connectivity index (χ4v) is 2.17. The highest BCUT2D eigenvalue weighted by Gasteiger charge is 2.19. The Kier molecular flexibility index (Phi) is 6.65. The van der Waals surface area contributed by atoms with Crippen LogP contribution in [0.25, 0.3) is 0 Å². The monoisotopic (exact) mass is 292 g/mol. The third kappa shape index (κ3) is 5.36. The van der Waals surface area contributed by atoms with Gasteiger partial charge < -0.3 is 15.2 Å². The number of rotatable bonds is 7. The highest BCUT2D eigenvalue weighted by molar-refractivity contribution is 5.99. The lowest BCUT2D eigenvalue weighted by Gasteiger charge is -2.27. The summed E-state index contributed by atoms with van der Waals surface area (Å²) in [5, 5.41) is 0. The number of nitrogen functional groups attached to an aromatic ring is 1. The van der Waals surface area contributed by atoms with Crippen LogP contribution in [-0.4, -0.2) is 49.4 Å². The summed E-state index contributed by atoms with van der Waals surface area (Å²) in [5.41, 5.74) is 4.98. The third-order valence-corrected chi connectivity index (χ3v) is 3.25. The number of hydrogen-bond acceptors (Lipinski definition) is 4. The molecule has 3 N–H and O–H groups in total. The van der Waals surface area contributed by atoms with E-state index in [9.17, 15) is 4.79 Å². The number of hydrazine groups is 1. The zero-order chi connectivity index (χ0) is 16.0. The van der Waals surface area contributed by atoms with Crippen molar-refractivity contribution in [2.75, 3.05) is 39.2 Å². The Hall–Kier alpha value is -1.59. The Morgan fingerprint density at radius 2 is 1.95 bits per heavy atom. The first-order valence-electron chi connectivity index (χ1n) is 7.36. The molecule has 1 rings (SSSR count). The van der Waals surface area contributed by atoms with Crippen LogP contribution >= 0.6 is 0 Å². The Balaban J connectivity index is 3.00. The van der Waals surface area contributed by atoms with E-state index in [2.05, 4.69) is 24.2 Å². The van der Waals surface area contributed by atoms with Crippen LogP contribution in [0.5, 0.6) is 0 Å². The van der Waals surface area contributed by atoms with Crippen molar-refractivity contribution in [2.45, 2.75) is 20.8 Å². The molecule has 0 aliphatic heterocycles. The maximum atomic E-state index is 12.8. The summed E-state index contributed by atoms with van der Waals surface area (Å²) in [7, 11) is 4.02. The first-order valence-corrected chi connectivity index (χ1v) is 7.36. The highest BCUT2D eigenvalue weighted by atomic mass is 16.2. The second-order valence-electron chi connectivity index (χ2n) is 6.14. The second-order valence-corrected chi connectivity index (χ2v) is 6.14. The van der Waals surface area contributed by atoms with Crippen LogP contribution in [0.2, 0.25) is 0 Å². The van der Waals surface area contributed by atoms with Crippen LogP contribution in [0.15, 0.2) is 18.2 Å². The minimum Gasteiger partial charge on any atom is -0.337 e. The quantitative estimate of drug-likeness (QED) is 0.595. The van der Waals surface area contributed by atoms with E-state index in [0.29, 0.717) is 23.7 Å². The van der Waals surface area contributed by atoms with Crippen LogP contribution in [0, 0.1) is 12.8 Å². The molecule has 0 aliphatic rings. The smallest absolute Gasteiger partial charge is 0.256 e.